The Bertz CT molecular complexity index is 1100. The fourth-order valence-electron chi connectivity index (χ4n) is 6.91. The van der Waals surface area contributed by atoms with Gasteiger partial charge in [-0.15, -0.1) is 0 Å². The Morgan fingerprint density at radius 1 is 0.784 bits per heavy atom. The van der Waals surface area contributed by atoms with Crippen molar-refractivity contribution in [3.8, 4) is 0 Å². The van der Waals surface area contributed by atoms with Gasteiger partial charge in [0.1, 0.15) is 0 Å². The van der Waals surface area contributed by atoms with Gasteiger partial charge in [0, 0.05) is 19.1 Å². The van der Waals surface area contributed by atoms with E-state index in [9.17, 15) is 5.11 Å². The third-order valence-corrected chi connectivity index (χ3v) is 13.7. The smallest absolute Gasteiger partial charge is 0.261 e. The van der Waals surface area contributed by atoms with Crippen molar-refractivity contribution in [1.29, 1.82) is 0 Å². The summed E-state index contributed by atoms with van der Waals surface area (Å²) in [6.07, 6.45) is 5.80. The number of ether oxygens (including phenoxy) is 1. The molecule has 3 aromatic rings. The zero-order valence-corrected chi connectivity index (χ0v) is 23.6. The second kappa shape index (κ2) is 11.2. The van der Waals surface area contributed by atoms with Crippen LogP contribution in [0.15, 0.2) is 84.9 Å². The number of aliphatic hydroxyl groups excluding tert-OH is 1. The minimum Gasteiger partial charge on any atom is -0.407 e. The van der Waals surface area contributed by atoms with Gasteiger partial charge >= 0.3 is 0 Å². The lowest BCUT2D eigenvalue weighted by atomic mass is 9.76. The molecule has 37 heavy (non-hydrogen) atoms. The number of benzene rings is 3. The maximum absolute atomic E-state index is 10.0. The molecule has 4 unspecified atom stereocenters. The highest BCUT2D eigenvalue weighted by Crippen LogP contribution is 2.45. The summed E-state index contributed by atoms with van der Waals surface area (Å²) < 4.78 is 13.3. The highest BCUT2D eigenvalue weighted by molar-refractivity contribution is 6.99. The van der Waals surface area contributed by atoms with E-state index >= 15 is 0 Å². The van der Waals surface area contributed by atoms with Crippen LogP contribution in [0.2, 0.25) is 5.04 Å². The molecule has 3 aromatic carbocycles. The zero-order chi connectivity index (χ0) is 25.9. The number of aliphatic hydroxyl groups is 1. The summed E-state index contributed by atoms with van der Waals surface area (Å²) in [6, 6.07) is 30.7. The van der Waals surface area contributed by atoms with Crippen LogP contribution >= 0.6 is 0 Å². The van der Waals surface area contributed by atoms with Crippen molar-refractivity contribution < 1.29 is 14.3 Å². The summed E-state index contributed by atoms with van der Waals surface area (Å²) in [6.45, 7) is 7.98. The van der Waals surface area contributed by atoms with Gasteiger partial charge in [-0.3, -0.25) is 0 Å². The minimum atomic E-state index is -2.50. The van der Waals surface area contributed by atoms with Gasteiger partial charge in [0.2, 0.25) is 0 Å². The normalized spacial score (nSPS) is 23.5. The monoisotopic (exact) mass is 514 g/mol. The van der Waals surface area contributed by atoms with Crippen LogP contribution in [0.1, 0.15) is 51.2 Å². The van der Waals surface area contributed by atoms with Gasteiger partial charge < -0.3 is 14.3 Å². The van der Waals surface area contributed by atoms with Gasteiger partial charge in [-0.2, -0.15) is 0 Å². The molecule has 0 radical (unpaired) electrons. The highest BCUT2D eigenvalue weighted by atomic mass is 28.4. The second-order valence-corrected chi connectivity index (χ2v) is 16.2. The van der Waals surface area contributed by atoms with Crippen LogP contribution in [-0.2, 0) is 22.0 Å². The molecule has 5 rings (SSSR count). The van der Waals surface area contributed by atoms with E-state index in [1.807, 2.05) is 0 Å². The molecule has 0 amide bonds. The first-order chi connectivity index (χ1) is 17.9. The summed E-state index contributed by atoms with van der Waals surface area (Å²) in [4.78, 5) is 0. The van der Waals surface area contributed by atoms with Crippen molar-refractivity contribution in [1.82, 2.24) is 0 Å². The van der Waals surface area contributed by atoms with Crippen LogP contribution in [0.5, 0.6) is 0 Å². The van der Waals surface area contributed by atoms with Crippen molar-refractivity contribution in [2.75, 3.05) is 13.2 Å². The van der Waals surface area contributed by atoms with Crippen molar-refractivity contribution in [3.63, 3.8) is 0 Å². The molecular formula is C33H42O3Si. The average molecular weight is 515 g/mol. The Morgan fingerprint density at radius 2 is 1.32 bits per heavy atom. The van der Waals surface area contributed by atoms with E-state index in [1.165, 1.54) is 21.5 Å². The molecule has 4 atom stereocenters. The number of hydrogen-bond donors (Lipinski definition) is 1. The van der Waals surface area contributed by atoms with Crippen LogP contribution in [0.3, 0.4) is 0 Å². The van der Waals surface area contributed by atoms with Gasteiger partial charge in [-0.05, 0) is 64.6 Å². The number of hydrogen-bond acceptors (Lipinski definition) is 3. The summed E-state index contributed by atoms with van der Waals surface area (Å²) in [7, 11) is -2.50. The van der Waals surface area contributed by atoms with Crippen LogP contribution in [-0.4, -0.2) is 38.8 Å². The summed E-state index contributed by atoms with van der Waals surface area (Å²) in [5.41, 5.74) is 2.82. The molecule has 2 saturated heterocycles. The molecule has 2 aliphatic rings. The van der Waals surface area contributed by atoms with E-state index in [2.05, 4.69) is 106 Å². The Kier molecular flexibility index (Phi) is 8.01. The lowest BCUT2D eigenvalue weighted by molar-refractivity contribution is 0.0786. The molecule has 0 spiro atoms. The topological polar surface area (TPSA) is 38.7 Å². The van der Waals surface area contributed by atoms with E-state index in [4.69, 9.17) is 9.16 Å². The fraction of sp³-hybridized carbons (Fsp3) is 0.455. The largest absolute Gasteiger partial charge is 0.407 e. The molecule has 0 aromatic heterocycles. The maximum atomic E-state index is 10.0. The first-order valence-corrected chi connectivity index (χ1v) is 15.9. The Morgan fingerprint density at radius 3 is 1.89 bits per heavy atom. The van der Waals surface area contributed by atoms with Crippen LogP contribution < -0.4 is 10.4 Å². The molecule has 196 valence electrons. The van der Waals surface area contributed by atoms with Gasteiger partial charge in [0.15, 0.2) is 0 Å². The third kappa shape index (κ3) is 5.22. The van der Waals surface area contributed by atoms with Crippen molar-refractivity contribution in [2.45, 2.75) is 70.1 Å². The average Bonchev–Trinajstić information content (AvgIpc) is 3.52. The summed E-state index contributed by atoms with van der Waals surface area (Å²) in [5.74, 6) is 0.712. The van der Waals surface area contributed by atoms with Gasteiger partial charge in [-0.25, -0.2) is 0 Å². The molecule has 0 aliphatic carbocycles. The Labute approximate surface area is 224 Å². The predicted octanol–water partition coefficient (Wildman–Crippen LogP) is 5.52. The number of fused-ring (bicyclic) bond motifs is 2. The molecule has 1 N–H and O–H groups in total. The Balaban J connectivity index is 1.32. The number of aryl methyl sites for hydroxylation is 1. The van der Waals surface area contributed by atoms with E-state index in [0.717, 1.165) is 38.7 Å². The van der Waals surface area contributed by atoms with Crippen molar-refractivity contribution in [2.24, 2.45) is 11.8 Å². The number of rotatable bonds is 10. The third-order valence-electron chi connectivity index (χ3n) is 8.70. The Hall–Kier alpha value is -2.24. The molecule has 4 heteroatoms. The van der Waals surface area contributed by atoms with Gasteiger partial charge in [0.05, 0.1) is 12.2 Å². The SMILES string of the molecule is CC(C)(C)[Si](OCCCc1ccccc1CC1C2CCC(O2)C1CO)(c1ccccc1)c1ccccc1. The van der Waals surface area contributed by atoms with Gasteiger partial charge in [0.25, 0.3) is 8.32 Å². The quantitative estimate of drug-likeness (QED) is 0.286. The second-order valence-electron chi connectivity index (χ2n) is 11.9. The zero-order valence-electron chi connectivity index (χ0n) is 22.6. The summed E-state index contributed by atoms with van der Waals surface area (Å²) >= 11 is 0. The van der Waals surface area contributed by atoms with E-state index in [1.54, 1.807) is 0 Å². The molecule has 0 saturated carbocycles. The molecule has 3 nitrogen and oxygen atoms in total. The minimum absolute atomic E-state index is 0.00525. The molecule has 2 heterocycles. The predicted molar refractivity (Wildman–Crippen MR) is 154 cm³/mol. The van der Waals surface area contributed by atoms with E-state index < -0.39 is 8.32 Å². The standard InChI is InChI=1S/C33H42O3Si/c1-33(2,3)37(27-16-6-4-7-17-27,28-18-8-5-9-19-28)35-22-12-15-25-13-10-11-14-26(25)23-29-30(24-34)32-21-20-31(29)36-32/h4-11,13-14,16-19,29-32,34H,12,15,20-24H2,1-3H3. The fourth-order valence-corrected chi connectivity index (χ4v) is 11.5. The maximum Gasteiger partial charge on any atom is 0.261 e. The van der Waals surface area contributed by atoms with Crippen LogP contribution in [0, 0.1) is 11.8 Å². The lowest BCUT2D eigenvalue weighted by Gasteiger charge is -2.43. The highest BCUT2D eigenvalue weighted by Gasteiger charge is 2.50. The molecule has 2 bridgehead atoms. The lowest BCUT2D eigenvalue weighted by Crippen LogP contribution is -2.66. The van der Waals surface area contributed by atoms with E-state index in [0.29, 0.717) is 12.0 Å². The van der Waals surface area contributed by atoms with Crippen LogP contribution in [0.25, 0.3) is 0 Å². The van der Waals surface area contributed by atoms with Gasteiger partial charge in [-0.1, -0.05) is 106 Å². The first-order valence-electron chi connectivity index (χ1n) is 14.0. The van der Waals surface area contributed by atoms with Crippen molar-refractivity contribution in [3.05, 3.63) is 96.1 Å². The first kappa shape index (κ1) is 26.4. The van der Waals surface area contributed by atoms with Crippen molar-refractivity contribution >= 4 is 18.7 Å². The molecular weight excluding hydrogens is 472 g/mol. The van der Waals surface area contributed by atoms with Crippen LogP contribution in [0.4, 0.5) is 0 Å². The van der Waals surface area contributed by atoms with E-state index in [-0.39, 0.29) is 23.7 Å². The molecule has 2 fully saturated rings. The summed E-state index contributed by atoms with van der Waals surface area (Å²) in [5, 5.41) is 12.7. The molecule has 2 aliphatic heterocycles.